The van der Waals surface area contributed by atoms with Gasteiger partial charge in [-0.05, 0) is 36.0 Å². The van der Waals surface area contributed by atoms with E-state index >= 15 is 4.39 Å². The summed E-state index contributed by atoms with van der Waals surface area (Å²) in [7, 11) is 0. The number of ether oxygens (including phenoxy) is 2. The van der Waals surface area contributed by atoms with Crippen molar-refractivity contribution in [2.24, 2.45) is 0 Å². The van der Waals surface area contributed by atoms with Crippen LogP contribution in [0.1, 0.15) is 5.56 Å². The van der Waals surface area contributed by atoms with E-state index in [1.54, 1.807) is 24.7 Å². The molecule has 5 aromatic rings. The summed E-state index contributed by atoms with van der Waals surface area (Å²) in [4.78, 5) is 28.7. The Bertz CT molecular complexity index is 1740. The van der Waals surface area contributed by atoms with Crippen LogP contribution in [0.5, 0.6) is 11.5 Å². The van der Waals surface area contributed by atoms with E-state index in [4.69, 9.17) is 21.7 Å². The maximum Gasteiger partial charge on any atom is 0.230 e. The molecule has 0 spiro atoms. The number of benzene rings is 2. The van der Waals surface area contributed by atoms with Gasteiger partial charge < -0.3 is 25.0 Å². The Morgan fingerprint density at radius 2 is 1.86 bits per heavy atom. The molecule has 3 aromatic heterocycles. The molecule has 0 atom stereocenters. The van der Waals surface area contributed by atoms with Crippen LogP contribution in [0.25, 0.3) is 20.8 Å². The molecule has 2 aromatic carbocycles. The first kappa shape index (κ1) is 27.6. The molecular weight excluding hydrogens is 576 g/mol. The molecule has 6 rings (SSSR count). The second kappa shape index (κ2) is 12.6. The Labute approximate surface area is 250 Å². The molecule has 1 saturated heterocycles. The van der Waals surface area contributed by atoms with Gasteiger partial charge in [-0.2, -0.15) is 0 Å². The molecule has 1 amide bonds. The van der Waals surface area contributed by atoms with Crippen LogP contribution >= 0.6 is 23.6 Å². The third kappa shape index (κ3) is 6.51. The van der Waals surface area contributed by atoms with Gasteiger partial charge in [0.05, 0.1) is 40.4 Å². The SMILES string of the molecule is O=C(Cc1ccccc1)NC(=S)Nc1ccc(Oc2ccnc3cc(-c4cc(N5CCOCC5)ncn4)sc23)c(F)c1. The van der Waals surface area contributed by atoms with E-state index in [1.165, 1.54) is 23.5 Å². The number of aromatic nitrogens is 3. The van der Waals surface area contributed by atoms with Gasteiger partial charge in [0.1, 0.15) is 17.9 Å². The highest BCUT2D eigenvalue weighted by atomic mass is 32.1. The molecule has 212 valence electrons. The maximum atomic E-state index is 15.1. The van der Waals surface area contributed by atoms with E-state index < -0.39 is 5.82 Å². The summed E-state index contributed by atoms with van der Waals surface area (Å²) in [5.74, 6) is 0.499. The van der Waals surface area contributed by atoms with E-state index in [1.807, 2.05) is 42.5 Å². The number of thiocarbonyl (C=S) groups is 1. The number of morpholine rings is 1. The van der Waals surface area contributed by atoms with Crippen LogP contribution in [0, 0.1) is 5.82 Å². The summed E-state index contributed by atoms with van der Waals surface area (Å²) in [6.45, 7) is 2.88. The Balaban J connectivity index is 1.14. The number of hydrogen-bond acceptors (Lipinski definition) is 9. The van der Waals surface area contributed by atoms with Crippen LogP contribution in [0.4, 0.5) is 15.9 Å². The molecule has 1 aliphatic heterocycles. The molecule has 0 unspecified atom stereocenters. The predicted molar refractivity (Wildman–Crippen MR) is 165 cm³/mol. The van der Waals surface area contributed by atoms with Crippen LogP contribution in [0.3, 0.4) is 0 Å². The molecule has 0 saturated carbocycles. The quantitative estimate of drug-likeness (QED) is 0.232. The average Bonchev–Trinajstić information content (AvgIpc) is 3.45. The fourth-order valence-electron chi connectivity index (χ4n) is 4.46. The highest BCUT2D eigenvalue weighted by Gasteiger charge is 2.17. The molecule has 0 aliphatic carbocycles. The predicted octanol–water partition coefficient (Wildman–Crippen LogP) is 5.58. The Kier molecular flexibility index (Phi) is 8.26. The number of halogens is 1. The number of carbonyl (C=O) groups excluding carboxylic acids is 1. The molecule has 0 bridgehead atoms. The number of carbonyl (C=O) groups is 1. The molecular formula is C30H25FN6O3S2. The van der Waals surface area contributed by atoms with Gasteiger partial charge in [-0.25, -0.2) is 14.4 Å². The van der Waals surface area contributed by atoms with Gasteiger partial charge in [0.2, 0.25) is 5.91 Å². The van der Waals surface area contributed by atoms with Gasteiger partial charge in [-0.15, -0.1) is 11.3 Å². The topological polar surface area (TPSA) is 102 Å². The van der Waals surface area contributed by atoms with Crippen molar-refractivity contribution in [3.8, 4) is 22.1 Å². The van der Waals surface area contributed by atoms with Gasteiger partial charge in [-0.3, -0.25) is 9.78 Å². The Morgan fingerprint density at radius 1 is 1.02 bits per heavy atom. The van der Waals surface area contributed by atoms with E-state index in [0.29, 0.717) is 30.2 Å². The fraction of sp³-hybridized carbons (Fsp3) is 0.167. The first-order valence-corrected chi connectivity index (χ1v) is 14.4. The first-order chi connectivity index (χ1) is 20.5. The highest BCUT2D eigenvalue weighted by molar-refractivity contribution is 7.80. The third-order valence-electron chi connectivity index (χ3n) is 6.49. The van der Waals surface area contributed by atoms with Crippen LogP contribution in [0.2, 0.25) is 0 Å². The zero-order valence-corrected chi connectivity index (χ0v) is 23.9. The van der Waals surface area contributed by atoms with Crippen molar-refractivity contribution >= 4 is 56.3 Å². The number of anilines is 2. The normalized spacial score (nSPS) is 13.1. The first-order valence-electron chi connectivity index (χ1n) is 13.2. The number of nitrogens with one attached hydrogen (secondary N) is 2. The van der Waals surface area contributed by atoms with E-state index in [2.05, 4.69) is 30.5 Å². The van der Waals surface area contributed by atoms with Crippen molar-refractivity contribution in [3.05, 3.63) is 90.6 Å². The highest BCUT2D eigenvalue weighted by Crippen LogP contribution is 2.39. The minimum absolute atomic E-state index is 0.0404. The van der Waals surface area contributed by atoms with Crippen molar-refractivity contribution in [3.63, 3.8) is 0 Å². The monoisotopic (exact) mass is 600 g/mol. The molecule has 12 heteroatoms. The molecule has 2 N–H and O–H groups in total. The molecule has 42 heavy (non-hydrogen) atoms. The van der Waals surface area contributed by atoms with Gasteiger partial charge >= 0.3 is 0 Å². The lowest BCUT2D eigenvalue weighted by Crippen LogP contribution is -2.36. The molecule has 0 radical (unpaired) electrons. The number of fused-ring (bicyclic) bond motifs is 1. The van der Waals surface area contributed by atoms with Gasteiger partial charge in [0.25, 0.3) is 0 Å². The lowest BCUT2D eigenvalue weighted by Gasteiger charge is -2.27. The van der Waals surface area contributed by atoms with Crippen LogP contribution in [0.15, 0.2) is 79.3 Å². The maximum absolute atomic E-state index is 15.1. The molecule has 9 nitrogen and oxygen atoms in total. The smallest absolute Gasteiger partial charge is 0.230 e. The zero-order valence-electron chi connectivity index (χ0n) is 22.2. The minimum atomic E-state index is -0.592. The number of hydrogen-bond donors (Lipinski definition) is 2. The second-order valence-electron chi connectivity index (χ2n) is 9.41. The molecule has 4 heterocycles. The fourth-order valence-corrected chi connectivity index (χ4v) is 5.73. The Morgan fingerprint density at radius 3 is 2.67 bits per heavy atom. The summed E-state index contributed by atoms with van der Waals surface area (Å²) < 4.78 is 27.3. The zero-order chi connectivity index (χ0) is 28.9. The minimum Gasteiger partial charge on any atom is -0.453 e. The summed E-state index contributed by atoms with van der Waals surface area (Å²) in [6, 6.07) is 19.3. The number of amides is 1. The lowest BCUT2D eigenvalue weighted by molar-refractivity contribution is -0.119. The van der Waals surface area contributed by atoms with Crippen LogP contribution in [-0.2, 0) is 16.0 Å². The summed E-state index contributed by atoms with van der Waals surface area (Å²) >= 11 is 6.69. The van der Waals surface area contributed by atoms with Crippen molar-refractivity contribution < 1.29 is 18.7 Å². The van der Waals surface area contributed by atoms with Crippen molar-refractivity contribution in [2.45, 2.75) is 6.42 Å². The largest absolute Gasteiger partial charge is 0.453 e. The van der Waals surface area contributed by atoms with Gasteiger partial charge in [0, 0.05) is 43.2 Å². The average molecular weight is 601 g/mol. The van der Waals surface area contributed by atoms with Crippen molar-refractivity contribution in [1.82, 2.24) is 20.3 Å². The number of nitrogens with zero attached hydrogens (tertiary/aromatic N) is 4. The standard InChI is InChI=1S/C30H25FN6O3S2/c31-21-15-20(35-30(41)36-28(38)14-19-4-2-1-3-5-19)6-7-24(21)40-25-8-9-32-23-16-26(42-29(23)25)22-17-27(34-18-33-22)37-10-12-39-13-11-37/h1-9,15-18H,10-14H2,(H2,35,36,38,41). The number of rotatable bonds is 7. The van der Waals surface area contributed by atoms with Gasteiger partial charge in [0.15, 0.2) is 16.7 Å². The number of pyridine rings is 1. The summed E-state index contributed by atoms with van der Waals surface area (Å²) in [6.07, 6.45) is 3.36. The number of thiophene rings is 1. The van der Waals surface area contributed by atoms with Crippen LogP contribution in [-0.4, -0.2) is 52.3 Å². The molecule has 1 aliphatic rings. The van der Waals surface area contributed by atoms with Crippen molar-refractivity contribution in [1.29, 1.82) is 0 Å². The Hall–Kier alpha value is -4.52. The summed E-state index contributed by atoms with van der Waals surface area (Å²) in [5.41, 5.74) is 2.73. The molecule has 1 fully saturated rings. The third-order valence-corrected chi connectivity index (χ3v) is 7.85. The summed E-state index contributed by atoms with van der Waals surface area (Å²) in [5, 5.41) is 5.53. The van der Waals surface area contributed by atoms with E-state index in [-0.39, 0.29) is 23.2 Å². The van der Waals surface area contributed by atoms with E-state index in [0.717, 1.165) is 39.7 Å². The van der Waals surface area contributed by atoms with Crippen molar-refractivity contribution in [2.75, 3.05) is 36.5 Å². The second-order valence-corrected chi connectivity index (χ2v) is 10.9. The van der Waals surface area contributed by atoms with Gasteiger partial charge in [-0.1, -0.05) is 30.3 Å². The lowest BCUT2D eigenvalue weighted by atomic mass is 10.1. The van der Waals surface area contributed by atoms with E-state index in [9.17, 15) is 4.79 Å². The van der Waals surface area contributed by atoms with Crippen LogP contribution < -0.4 is 20.3 Å².